The molecule has 2 aromatic carbocycles. The molecular weight excluding hydrogens is 220 g/mol. The van der Waals surface area contributed by atoms with Gasteiger partial charge in [-0.15, -0.1) is 0 Å². The lowest BCUT2D eigenvalue weighted by molar-refractivity contribution is 1.08. The van der Waals surface area contributed by atoms with Crippen molar-refractivity contribution in [3.8, 4) is 16.8 Å². The Morgan fingerprint density at radius 2 is 1.44 bits per heavy atom. The predicted molar refractivity (Wildman–Crippen MR) is 75.6 cm³/mol. The fourth-order valence-corrected chi connectivity index (χ4v) is 2.09. The molecule has 0 spiro atoms. The van der Waals surface area contributed by atoms with Crippen LogP contribution in [0.25, 0.3) is 16.8 Å². The van der Waals surface area contributed by atoms with Crippen LogP contribution in [0.1, 0.15) is 0 Å². The summed E-state index contributed by atoms with van der Waals surface area (Å²) >= 11 is 0. The molecule has 18 heavy (non-hydrogen) atoms. The van der Waals surface area contributed by atoms with Crippen molar-refractivity contribution in [1.82, 2.24) is 4.57 Å². The van der Waals surface area contributed by atoms with E-state index in [2.05, 4.69) is 24.3 Å². The summed E-state index contributed by atoms with van der Waals surface area (Å²) in [6.45, 7) is 0. The van der Waals surface area contributed by atoms with Gasteiger partial charge in [0.2, 0.25) is 0 Å². The lowest BCUT2D eigenvalue weighted by Crippen LogP contribution is -1.97. The minimum Gasteiger partial charge on any atom is -0.397 e. The molecule has 3 aromatic rings. The van der Waals surface area contributed by atoms with Crippen LogP contribution in [0.2, 0.25) is 0 Å². The van der Waals surface area contributed by atoms with Crippen LogP contribution in [0.5, 0.6) is 0 Å². The first-order valence-electron chi connectivity index (χ1n) is 5.93. The van der Waals surface area contributed by atoms with Gasteiger partial charge in [-0.2, -0.15) is 0 Å². The lowest BCUT2D eigenvalue weighted by Gasteiger charge is -2.09. The molecule has 0 unspecified atom stereocenters. The van der Waals surface area contributed by atoms with Crippen molar-refractivity contribution in [2.75, 3.05) is 5.73 Å². The molecule has 88 valence electrons. The monoisotopic (exact) mass is 234 g/mol. The standard InChI is InChI=1S/C16H14N2/c17-15-12-14(13-6-2-1-3-7-13)8-9-16(15)18-10-4-5-11-18/h1-12H,17H2. The van der Waals surface area contributed by atoms with Crippen molar-refractivity contribution >= 4 is 5.69 Å². The second-order valence-corrected chi connectivity index (χ2v) is 4.23. The Balaban J connectivity index is 2.05. The van der Waals surface area contributed by atoms with Crippen LogP contribution in [0.4, 0.5) is 5.69 Å². The summed E-state index contributed by atoms with van der Waals surface area (Å²) in [7, 11) is 0. The summed E-state index contributed by atoms with van der Waals surface area (Å²) in [6.07, 6.45) is 3.99. The SMILES string of the molecule is Nc1cc(-c2ccccc2)ccc1-n1cccc1. The van der Waals surface area contributed by atoms with Crippen LogP contribution in [0.3, 0.4) is 0 Å². The van der Waals surface area contributed by atoms with Crippen LogP contribution in [-0.2, 0) is 0 Å². The van der Waals surface area contributed by atoms with Crippen molar-refractivity contribution in [2.24, 2.45) is 0 Å². The second kappa shape index (κ2) is 4.41. The van der Waals surface area contributed by atoms with E-state index in [0.717, 1.165) is 16.9 Å². The van der Waals surface area contributed by atoms with Crippen LogP contribution >= 0.6 is 0 Å². The third-order valence-electron chi connectivity index (χ3n) is 3.02. The Labute approximate surface area is 106 Å². The van der Waals surface area contributed by atoms with E-state index < -0.39 is 0 Å². The van der Waals surface area contributed by atoms with Crippen molar-refractivity contribution < 1.29 is 0 Å². The normalized spacial score (nSPS) is 10.4. The average Bonchev–Trinajstić information content (AvgIpc) is 2.93. The van der Waals surface area contributed by atoms with Crippen LogP contribution < -0.4 is 5.73 Å². The number of aromatic nitrogens is 1. The molecule has 0 fully saturated rings. The third kappa shape index (κ3) is 1.89. The largest absolute Gasteiger partial charge is 0.397 e. The maximum atomic E-state index is 6.13. The van der Waals surface area contributed by atoms with Gasteiger partial charge in [-0.25, -0.2) is 0 Å². The molecule has 2 N–H and O–H groups in total. The highest BCUT2D eigenvalue weighted by molar-refractivity contribution is 5.72. The summed E-state index contributed by atoms with van der Waals surface area (Å²) in [5.41, 5.74) is 10.3. The number of nitrogens with zero attached hydrogens (tertiary/aromatic N) is 1. The van der Waals surface area contributed by atoms with Gasteiger partial charge in [0.05, 0.1) is 11.4 Å². The molecule has 0 bridgehead atoms. The van der Waals surface area contributed by atoms with Crippen molar-refractivity contribution in [1.29, 1.82) is 0 Å². The Morgan fingerprint density at radius 1 is 0.722 bits per heavy atom. The van der Waals surface area contributed by atoms with E-state index in [-0.39, 0.29) is 0 Å². The topological polar surface area (TPSA) is 30.9 Å². The zero-order chi connectivity index (χ0) is 12.4. The number of nitrogens with two attached hydrogens (primary N) is 1. The van der Waals surface area contributed by atoms with Gasteiger partial charge in [0.15, 0.2) is 0 Å². The van der Waals surface area contributed by atoms with Crippen molar-refractivity contribution in [3.05, 3.63) is 73.1 Å². The summed E-state index contributed by atoms with van der Waals surface area (Å²) < 4.78 is 2.02. The van der Waals surface area contributed by atoms with Gasteiger partial charge in [-0.1, -0.05) is 36.4 Å². The molecule has 1 heterocycles. The smallest absolute Gasteiger partial charge is 0.0681 e. The van der Waals surface area contributed by atoms with Gasteiger partial charge in [0.1, 0.15) is 0 Å². The van der Waals surface area contributed by atoms with Gasteiger partial charge in [0.25, 0.3) is 0 Å². The van der Waals surface area contributed by atoms with Crippen LogP contribution in [0.15, 0.2) is 73.1 Å². The second-order valence-electron chi connectivity index (χ2n) is 4.23. The summed E-state index contributed by atoms with van der Waals surface area (Å²) in [5, 5.41) is 0. The zero-order valence-corrected chi connectivity index (χ0v) is 9.95. The maximum Gasteiger partial charge on any atom is 0.0681 e. The van der Waals surface area contributed by atoms with Gasteiger partial charge in [-0.05, 0) is 35.4 Å². The lowest BCUT2D eigenvalue weighted by atomic mass is 10.0. The highest BCUT2D eigenvalue weighted by atomic mass is 15.0. The Hall–Kier alpha value is -2.48. The Bertz CT molecular complexity index is 640. The van der Waals surface area contributed by atoms with E-state index in [0.29, 0.717) is 0 Å². The highest BCUT2D eigenvalue weighted by Crippen LogP contribution is 2.25. The van der Waals surface area contributed by atoms with Crippen LogP contribution in [0, 0.1) is 0 Å². The van der Waals surface area contributed by atoms with Gasteiger partial charge in [0, 0.05) is 12.4 Å². The van der Waals surface area contributed by atoms with E-state index in [4.69, 9.17) is 5.73 Å². The molecule has 0 atom stereocenters. The minimum atomic E-state index is 0.785. The maximum absolute atomic E-state index is 6.13. The van der Waals surface area contributed by atoms with E-state index in [1.807, 2.05) is 53.4 Å². The van der Waals surface area contributed by atoms with Gasteiger partial charge in [-0.3, -0.25) is 0 Å². The summed E-state index contributed by atoms with van der Waals surface area (Å²) in [6, 6.07) is 20.4. The average molecular weight is 234 g/mol. The molecule has 2 heteroatoms. The van der Waals surface area contributed by atoms with E-state index in [9.17, 15) is 0 Å². The molecular formula is C16H14N2. The van der Waals surface area contributed by atoms with E-state index in [1.165, 1.54) is 5.56 Å². The molecule has 0 radical (unpaired) electrons. The molecule has 0 aliphatic heterocycles. The first-order valence-corrected chi connectivity index (χ1v) is 5.93. The molecule has 2 nitrogen and oxygen atoms in total. The van der Waals surface area contributed by atoms with Gasteiger partial charge >= 0.3 is 0 Å². The number of anilines is 1. The van der Waals surface area contributed by atoms with Crippen LogP contribution in [-0.4, -0.2) is 4.57 Å². The molecule has 0 amide bonds. The molecule has 0 saturated carbocycles. The number of hydrogen-bond acceptors (Lipinski definition) is 1. The fourth-order valence-electron chi connectivity index (χ4n) is 2.09. The number of hydrogen-bond donors (Lipinski definition) is 1. The molecule has 0 aliphatic rings. The number of rotatable bonds is 2. The number of nitrogen functional groups attached to an aromatic ring is 1. The summed E-state index contributed by atoms with van der Waals surface area (Å²) in [5.74, 6) is 0. The third-order valence-corrected chi connectivity index (χ3v) is 3.02. The Kier molecular flexibility index (Phi) is 2.61. The first-order chi connectivity index (χ1) is 8.84. The molecule has 0 saturated heterocycles. The fraction of sp³-hybridized carbons (Fsp3) is 0. The molecule has 0 aliphatic carbocycles. The Morgan fingerprint density at radius 3 is 2.11 bits per heavy atom. The van der Waals surface area contributed by atoms with E-state index >= 15 is 0 Å². The van der Waals surface area contributed by atoms with Crippen molar-refractivity contribution in [2.45, 2.75) is 0 Å². The highest BCUT2D eigenvalue weighted by Gasteiger charge is 2.03. The minimum absolute atomic E-state index is 0.785. The summed E-state index contributed by atoms with van der Waals surface area (Å²) in [4.78, 5) is 0. The number of benzene rings is 2. The molecule has 1 aromatic heterocycles. The zero-order valence-electron chi connectivity index (χ0n) is 9.95. The van der Waals surface area contributed by atoms with Gasteiger partial charge < -0.3 is 10.3 Å². The first kappa shape index (κ1) is 10.7. The van der Waals surface area contributed by atoms with Crippen molar-refractivity contribution in [3.63, 3.8) is 0 Å². The quantitative estimate of drug-likeness (QED) is 0.673. The molecule has 3 rings (SSSR count). The predicted octanol–water partition coefficient (Wildman–Crippen LogP) is 3.73. The van der Waals surface area contributed by atoms with E-state index in [1.54, 1.807) is 0 Å².